The summed E-state index contributed by atoms with van der Waals surface area (Å²) in [5, 5.41) is 17.6. The summed E-state index contributed by atoms with van der Waals surface area (Å²) in [6.07, 6.45) is 0.715. The van der Waals surface area contributed by atoms with Gasteiger partial charge in [0.2, 0.25) is 5.91 Å². The summed E-state index contributed by atoms with van der Waals surface area (Å²) >= 11 is 0. The van der Waals surface area contributed by atoms with E-state index in [9.17, 15) is 14.3 Å². The lowest BCUT2D eigenvalue weighted by molar-refractivity contribution is -0.130. The monoisotopic (exact) mass is 347 g/mol. The number of halogens is 1. The van der Waals surface area contributed by atoms with Gasteiger partial charge in [0, 0.05) is 17.8 Å². The molecule has 7 heteroatoms. The number of benzene rings is 1. The number of amides is 1. The number of carbonyl (C=O) groups is 1. The number of aryl methyl sites for hydroxylation is 2. The number of hydrogen-bond donors (Lipinski definition) is 2. The van der Waals surface area contributed by atoms with Gasteiger partial charge in [0.05, 0.1) is 18.7 Å². The van der Waals surface area contributed by atoms with E-state index in [2.05, 4.69) is 10.2 Å². The van der Waals surface area contributed by atoms with Gasteiger partial charge in [0.25, 0.3) is 0 Å². The van der Waals surface area contributed by atoms with E-state index in [1.54, 1.807) is 4.90 Å². The van der Waals surface area contributed by atoms with Crippen LogP contribution in [0.4, 0.5) is 4.39 Å². The molecule has 0 unspecified atom stereocenters. The zero-order valence-corrected chi connectivity index (χ0v) is 14.4. The van der Waals surface area contributed by atoms with Gasteiger partial charge in [-0.2, -0.15) is 5.10 Å². The van der Waals surface area contributed by atoms with Crippen LogP contribution in [0.1, 0.15) is 23.4 Å². The molecule has 1 saturated heterocycles. The standard InChI is InChI=1S/C18H22FN3O3/c1-12-16(13(2)21-20-12)9-17(23)22-8-7-18(24,10-22)11-25-15-5-3-14(19)4-6-15/h3-6,24H,7-11H2,1-2H3,(H,20,21)/t18-/m1/s1. The molecule has 0 spiro atoms. The van der Waals surface area contributed by atoms with Crippen molar-refractivity contribution in [3.8, 4) is 5.75 Å². The average Bonchev–Trinajstić information content (AvgIpc) is 3.12. The number of H-pyrrole nitrogens is 1. The summed E-state index contributed by atoms with van der Waals surface area (Å²) in [4.78, 5) is 14.2. The van der Waals surface area contributed by atoms with E-state index < -0.39 is 5.60 Å². The third-order valence-electron chi connectivity index (χ3n) is 4.61. The number of likely N-dealkylation sites (tertiary alicyclic amines) is 1. The highest BCUT2D eigenvalue weighted by molar-refractivity contribution is 5.79. The van der Waals surface area contributed by atoms with Gasteiger partial charge in [-0.1, -0.05) is 0 Å². The fourth-order valence-corrected chi connectivity index (χ4v) is 3.03. The molecular formula is C18H22FN3O3. The minimum absolute atomic E-state index is 0.0368. The van der Waals surface area contributed by atoms with E-state index in [1.807, 2.05) is 13.8 Å². The Labute approximate surface area is 145 Å². The number of carbonyl (C=O) groups excluding carboxylic acids is 1. The van der Waals surface area contributed by atoms with Crippen molar-refractivity contribution in [1.29, 1.82) is 0 Å². The smallest absolute Gasteiger partial charge is 0.227 e. The van der Waals surface area contributed by atoms with Crippen LogP contribution in [-0.2, 0) is 11.2 Å². The normalized spacial score (nSPS) is 20.1. The lowest BCUT2D eigenvalue weighted by Gasteiger charge is -2.23. The first-order valence-electron chi connectivity index (χ1n) is 8.25. The van der Waals surface area contributed by atoms with E-state index in [0.29, 0.717) is 18.7 Å². The number of aromatic amines is 1. The highest BCUT2D eigenvalue weighted by Crippen LogP contribution is 2.24. The van der Waals surface area contributed by atoms with Crippen LogP contribution in [0.3, 0.4) is 0 Å². The maximum absolute atomic E-state index is 12.9. The highest BCUT2D eigenvalue weighted by Gasteiger charge is 2.39. The summed E-state index contributed by atoms with van der Waals surface area (Å²) in [5.74, 6) is 0.114. The number of rotatable bonds is 5. The second-order valence-electron chi connectivity index (χ2n) is 6.62. The van der Waals surface area contributed by atoms with Gasteiger partial charge in [-0.25, -0.2) is 4.39 Å². The van der Waals surface area contributed by atoms with Crippen LogP contribution in [-0.4, -0.2) is 51.4 Å². The van der Waals surface area contributed by atoms with Crippen molar-refractivity contribution < 1.29 is 19.0 Å². The van der Waals surface area contributed by atoms with E-state index >= 15 is 0 Å². The van der Waals surface area contributed by atoms with Crippen molar-refractivity contribution in [1.82, 2.24) is 15.1 Å². The summed E-state index contributed by atoms with van der Waals surface area (Å²) in [5.41, 5.74) is 1.52. The molecule has 1 fully saturated rings. The number of hydrogen-bond acceptors (Lipinski definition) is 4. The summed E-state index contributed by atoms with van der Waals surface area (Å²) in [7, 11) is 0. The van der Waals surface area contributed by atoms with Crippen molar-refractivity contribution in [3.63, 3.8) is 0 Å². The van der Waals surface area contributed by atoms with Gasteiger partial charge < -0.3 is 14.7 Å². The minimum Gasteiger partial charge on any atom is -0.491 e. The molecule has 0 saturated carbocycles. The number of aliphatic hydroxyl groups is 1. The summed E-state index contributed by atoms with van der Waals surface area (Å²) in [6, 6.07) is 5.64. The lowest BCUT2D eigenvalue weighted by Crippen LogP contribution is -2.41. The zero-order valence-electron chi connectivity index (χ0n) is 14.4. The van der Waals surface area contributed by atoms with Crippen LogP contribution in [0.5, 0.6) is 5.75 Å². The number of β-amino-alcohol motifs (C(OH)–C–C–N with tert-alkyl or cyclic N) is 1. The molecule has 2 N–H and O–H groups in total. The first-order chi connectivity index (χ1) is 11.9. The lowest BCUT2D eigenvalue weighted by atomic mass is 10.1. The van der Waals surface area contributed by atoms with E-state index in [-0.39, 0.29) is 31.3 Å². The van der Waals surface area contributed by atoms with Crippen molar-refractivity contribution in [2.24, 2.45) is 0 Å². The van der Waals surface area contributed by atoms with Gasteiger partial charge in [-0.3, -0.25) is 9.89 Å². The quantitative estimate of drug-likeness (QED) is 0.864. The van der Waals surface area contributed by atoms with Gasteiger partial charge in [-0.05, 0) is 44.5 Å². The van der Waals surface area contributed by atoms with Crippen molar-refractivity contribution in [2.75, 3.05) is 19.7 Å². The molecule has 0 bridgehead atoms. The molecule has 6 nitrogen and oxygen atoms in total. The molecule has 1 atom stereocenters. The van der Waals surface area contributed by atoms with E-state index in [1.165, 1.54) is 24.3 Å². The van der Waals surface area contributed by atoms with Crippen molar-refractivity contribution in [2.45, 2.75) is 32.3 Å². The van der Waals surface area contributed by atoms with Crippen LogP contribution in [0.2, 0.25) is 0 Å². The van der Waals surface area contributed by atoms with Crippen LogP contribution in [0.25, 0.3) is 0 Å². The highest BCUT2D eigenvalue weighted by atomic mass is 19.1. The molecule has 2 heterocycles. The Morgan fingerprint density at radius 3 is 2.76 bits per heavy atom. The number of nitrogens with zero attached hydrogens (tertiary/aromatic N) is 2. The Morgan fingerprint density at radius 1 is 1.40 bits per heavy atom. The number of aromatic nitrogens is 2. The Bertz CT molecular complexity index is 740. The average molecular weight is 347 g/mol. The fraction of sp³-hybridized carbons (Fsp3) is 0.444. The molecule has 1 aromatic carbocycles. The van der Waals surface area contributed by atoms with Crippen molar-refractivity contribution in [3.05, 3.63) is 47.0 Å². The fourth-order valence-electron chi connectivity index (χ4n) is 3.03. The molecule has 0 radical (unpaired) electrons. The Balaban J connectivity index is 1.56. The van der Waals surface area contributed by atoms with Gasteiger partial charge in [-0.15, -0.1) is 0 Å². The predicted octanol–water partition coefficient (Wildman–Crippen LogP) is 1.75. The SMILES string of the molecule is Cc1n[nH]c(C)c1CC(=O)N1CC[C@](O)(COc2ccc(F)cc2)C1. The van der Waals surface area contributed by atoms with Gasteiger partial charge >= 0.3 is 0 Å². The molecule has 134 valence electrons. The number of ether oxygens (including phenoxy) is 1. The van der Waals surface area contributed by atoms with Gasteiger partial charge in [0.1, 0.15) is 23.8 Å². The molecule has 1 aliphatic rings. The van der Waals surface area contributed by atoms with Crippen molar-refractivity contribution >= 4 is 5.91 Å². The second kappa shape index (κ2) is 6.84. The summed E-state index contributed by atoms with van der Waals surface area (Å²) in [6.45, 7) is 4.52. The van der Waals surface area contributed by atoms with Crippen LogP contribution in [0, 0.1) is 19.7 Å². The molecule has 0 aliphatic carbocycles. The molecule has 1 aromatic heterocycles. The molecule has 3 rings (SSSR count). The van der Waals surface area contributed by atoms with E-state index in [4.69, 9.17) is 4.74 Å². The summed E-state index contributed by atoms with van der Waals surface area (Å²) < 4.78 is 18.5. The molecule has 1 aliphatic heterocycles. The second-order valence-corrected chi connectivity index (χ2v) is 6.62. The minimum atomic E-state index is -1.09. The number of nitrogens with one attached hydrogen (secondary N) is 1. The van der Waals surface area contributed by atoms with E-state index in [0.717, 1.165) is 17.0 Å². The van der Waals surface area contributed by atoms with Crippen LogP contribution < -0.4 is 4.74 Å². The Hall–Kier alpha value is -2.41. The first-order valence-corrected chi connectivity index (χ1v) is 8.25. The molecule has 2 aromatic rings. The molecular weight excluding hydrogens is 325 g/mol. The molecule has 1 amide bonds. The Morgan fingerprint density at radius 2 is 2.12 bits per heavy atom. The van der Waals surface area contributed by atoms with Crippen LogP contribution in [0.15, 0.2) is 24.3 Å². The van der Waals surface area contributed by atoms with Crippen LogP contribution >= 0.6 is 0 Å². The maximum Gasteiger partial charge on any atom is 0.227 e. The maximum atomic E-state index is 12.9. The third-order valence-corrected chi connectivity index (χ3v) is 4.61. The Kier molecular flexibility index (Phi) is 4.76. The topological polar surface area (TPSA) is 78.5 Å². The largest absolute Gasteiger partial charge is 0.491 e. The van der Waals surface area contributed by atoms with Gasteiger partial charge in [0.15, 0.2) is 0 Å². The molecule has 25 heavy (non-hydrogen) atoms. The first kappa shape index (κ1) is 17.4. The third kappa shape index (κ3) is 3.99. The zero-order chi connectivity index (χ0) is 18.0. The predicted molar refractivity (Wildman–Crippen MR) is 89.8 cm³/mol.